The van der Waals surface area contributed by atoms with Crippen molar-refractivity contribution in [1.29, 1.82) is 0 Å². The molecule has 27 heavy (non-hydrogen) atoms. The van der Waals surface area contributed by atoms with E-state index in [4.69, 9.17) is 9.47 Å². The van der Waals surface area contributed by atoms with Crippen LogP contribution in [-0.2, 0) is 4.79 Å². The molecule has 144 valence electrons. The van der Waals surface area contributed by atoms with E-state index in [-0.39, 0.29) is 30.0 Å². The summed E-state index contributed by atoms with van der Waals surface area (Å²) in [5, 5.41) is 2.59. The minimum atomic E-state index is -2.96. The average molecular weight is 378 g/mol. The van der Waals surface area contributed by atoms with Crippen LogP contribution in [0.4, 0.5) is 14.5 Å². The normalized spacial score (nSPS) is 15.7. The van der Waals surface area contributed by atoms with Gasteiger partial charge in [0.25, 0.3) is 0 Å². The number of ether oxygens (including phenoxy) is 3. The fourth-order valence-corrected chi connectivity index (χ4v) is 2.77. The Morgan fingerprint density at radius 1 is 1.22 bits per heavy atom. The SMILES string of the molecule is CN(CC(=O)Nc1ccccc1OC(F)F)CC1COc2ccccc2O1. The van der Waals surface area contributed by atoms with Crippen LogP contribution >= 0.6 is 0 Å². The van der Waals surface area contributed by atoms with Crippen LogP contribution in [0.3, 0.4) is 0 Å². The molecule has 0 saturated heterocycles. The van der Waals surface area contributed by atoms with Gasteiger partial charge in [-0.15, -0.1) is 0 Å². The van der Waals surface area contributed by atoms with Gasteiger partial charge in [0, 0.05) is 6.54 Å². The number of alkyl halides is 2. The van der Waals surface area contributed by atoms with Crippen LogP contribution in [0, 0.1) is 0 Å². The molecule has 1 atom stereocenters. The smallest absolute Gasteiger partial charge is 0.387 e. The zero-order chi connectivity index (χ0) is 19.2. The Hall–Kier alpha value is -2.87. The van der Waals surface area contributed by atoms with E-state index in [9.17, 15) is 13.6 Å². The minimum Gasteiger partial charge on any atom is -0.486 e. The summed E-state index contributed by atoms with van der Waals surface area (Å²) in [5.41, 5.74) is 0.197. The number of nitrogens with zero attached hydrogens (tertiary/aromatic N) is 1. The van der Waals surface area contributed by atoms with Crippen LogP contribution in [0.5, 0.6) is 17.2 Å². The molecule has 6 nitrogen and oxygen atoms in total. The van der Waals surface area contributed by atoms with Gasteiger partial charge in [-0.05, 0) is 31.3 Å². The van der Waals surface area contributed by atoms with Crippen LogP contribution in [0.25, 0.3) is 0 Å². The maximum Gasteiger partial charge on any atom is 0.387 e. The molecule has 0 aromatic heterocycles. The lowest BCUT2D eigenvalue weighted by Gasteiger charge is -2.29. The number of fused-ring (bicyclic) bond motifs is 1. The molecule has 0 radical (unpaired) electrons. The zero-order valence-corrected chi connectivity index (χ0v) is 14.7. The first-order chi connectivity index (χ1) is 13.0. The summed E-state index contributed by atoms with van der Waals surface area (Å²) in [6, 6.07) is 13.5. The number of anilines is 1. The molecule has 1 aliphatic heterocycles. The number of hydrogen-bond acceptors (Lipinski definition) is 5. The largest absolute Gasteiger partial charge is 0.486 e. The van der Waals surface area contributed by atoms with E-state index < -0.39 is 6.61 Å². The van der Waals surface area contributed by atoms with Crippen LogP contribution in [0.1, 0.15) is 0 Å². The molecule has 0 saturated carbocycles. The summed E-state index contributed by atoms with van der Waals surface area (Å²) in [6.45, 7) is -2.05. The number of hydrogen-bond donors (Lipinski definition) is 1. The van der Waals surface area contributed by atoms with E-state index in [1.54, 1.807) is 24.1 Å². The molecule has 0 aliphatic carbocycles. The van der Waals surface area contributed by atoms with E-state index in [0.29, 0.717) is 24.7 Å². The number of likely N-dealkylation sites (N-methyl/N-ethyl adjacent to an activating group) is 1. The first kappa shape index (κ1) is 18.9. The Kier molecular flexibility index (Phi) is 6.08. The third-order valence-electron chi connectivity index (χ3n) is 3.87. The van der Waals surface area contributed by atoms with Gasteiger partial charge < -0.3 is 19.5 Å². The van der Waals surface area contributed by atoms with Crippen LogP contribution in [0.2, 0.25) is 0 Å². The molecular weight excluding hydrogens is 358 g/mol. The number of benzene rings is 2. The number of nitrogens with one attached hydrogen (secondary N) is 1. The number of amides is 1. The van der Waals surface area contributed by atoms with Crippen molar-refractivity contribution in [3.63, 3.8) is 0 Å². The molecule has 8 heteroatoms. The van der Waals surface area contributed by atoms with Crippen molar-refractivity contribution in [2.45, 2.75) is 12.7 Å². The van der Waals surface area contributed by atoms with Crippen molar-refractivity contribution in [2.24, 2.45) is 0 Å². The number of carbonyl (C=O) groups is 1. The van der Waals surface area contributed by atoms with Gasteiger partial charge in [-0.25, -0.2) is 0 Å². The molecule has 0 bridgehead atoms. The second-order valence-corrected chi connectivity index (χ2v) is 6.12. The minimum absolute atomic E-state index is 0.0600. The summed E-state index contributed by atoms with van der Waals surface area (Å²) in [7, 11) is 1.77. The summed E-state index contributed by atoms with van der Waals surface area (Å²) >= 11 is 0. The monoisotopic (exact) mass is 378 g/mol. The van der Waals surface area contributed by atoms with Crippen molar-refractivity contribution in [1.82, 2.24) is 4.90 Å². The Morgan fingerprint density at radius 3 is 2.70 bits per heavy atom. The molecule has 1 amide bonds. The summed E-state index contributed by atoms with van der Waals surface area (Å²) in [4.78, 5) is 14.0. The first-order valence-corrected chi connectivity index (χ1v) is 8.42. The average Bonchev–Trinajstić information content (AvgIpc) is 2.62. The standard InChI is InChI=1S/C19H20F2N2O4/c1-23(10-13-12-25-16-8-4-5-9-17(16)26-13)11-18(24)22-14-6-2-3-7-15(14)27-19(20)21/h2-9,13,19H,10-12H2,1H3,(H,22,24). The fourth-order valence-electron chi connectivity index (χ4n) is 2.77. The Balaban J connectivity index is 1.51. The van der Waals surface area contributed by atoms with E-state index in [0.717, 1.165) is 0 Å². The zero-order valence-electron chi connectivity index (χ0n) is 14.7. The first-order valence-electron chi connectivity index (χ1n) is 8.42. The molecule has 1 aliphatic rings. The van der Waals surface area contributed by atoms with Crippen LogP contribution in [-0.4, -0.2) is 50.3 Å². The lowest BCUT2D eigenvalue weighted by molar-refractivity contribution is -0.117. The summed E-state index contributed by atoms with van der Waals surface area (Å²) in [5.74, 6) is 0.943. The lowest BCUT2D eigenvalue weighted by atomic mass is 10.2. The number of rotatable bonds is 7. The van der Waals surface area contributed by atoms with Crippen molar-refractivity contribution >= 4 is 11.6 Å². The number of halogens is 2. The quantitative estimate of drug-likeness (QED) is 0.803. The molecule has 1 unspecified atom stereocenters. The van der Waals surface area contributed by atoms with Gasteiger partial charge in [-0.1, -0.05) is 24.3 Å². The molecular formula is C19H20F2N2O4. The summed E-state index contributed by atoms with van der Waals surface area (Å²) < 4.78 is 40.8. The number of para-hydroxylation sites is 4. The lowest BCUT2D eigenvalue weighted by Crippen LogP contribution is -2.42. The second-order valence-electron chi connectivity index (χ2n) is 6.12. The third kappa shape index (κ3) is 5.30. The summed E-state index contributed by atoms with van der Waals surface area (Å²) in [6.07, 6.45) is -0.216. The molecule has 1 heterocycles. The van der Waals surface area contributed by atoms with Crippen molar-refractivity contribution in [2.75, 3.05) is 32.1 Å². The second kappa shape index (κ2) is 8.68. The predicted octanol–water partition coefficient (Wildman–Crippen LogP) is 3.00. The molecule has 3 rings (SSSR count). The van der Waals surface area contributed by atoms with Gasteiger partial charge in [-0.3, -0.25) is 9.69 Å². The fraction of sp³-hybridized carbons (Fsp3) is 0.316. The highest BCUT2D eigenvalue weighted by Gasteiger charge is 2.23. The molecule has 1 N–H and O–H groups in total. The van der Waals surface area contributed by atoms with E-state index in [1.807, 2.05) is 24.3 Å². The highest BCUT2D eigenvalue weighted by Crippen LogP contribution is 2.31. The van der Waals surface area contributed by atoms with Crippen molar-refractivity contribution < 1.29 is 27.8 Å². The van der Waals surface area contributed by atoms with Crippen molar-refractivity contribution in [3.8, 4) is 17.2 Å². The van der Waals surface area contributed by atoms with Gasteiger partial charge in [0.15, 0.2) is 11.5 Å². The van der Waals surface area contributed by atoms with Gasteiger partial charge in [0.2, 0.25) is 5.91 Å². The maximum atomic E-state index is 12.4. The van der Waals surface area contributed by atoms with E-state index >= 15 is 0 Å². The molecule has 2 aromatic rings. The topological polar surface area (TPSA) is 60.0 Å². The Bertz CT molecular complexity index is 788. The van der Waals surface area contributed by atoms with Gasteiger partial charge in [0.05, 0.1) is 12.2 Å². The van der Waals surface area contributed by atoms with Crippen LogP contribution < -0.4 is 19.5 Å². The van der Waals surface area contributed by atoms with Gasteiger partial charge >= 0.3 is 6.61 Å². The van der Waals surface area contributed by atoms with Crippen LogP contribution in [0.15, 0.2) is 48.5 Å². The van der Waals surface area contributed by atoms with Gasteiger partial charge in [0.1, 0.15) is 18.5 Å². The highest BCUT2D eigenvalue weighted by atomic mass is 19.3. The van der Waals surface area contributed by atoms with Gasteiger partial charge in [-0.2, -0.15) is 8.78 Å². The van der Waals surface area contributed by atoms with E-state index in [1.165, 1.54) is 12.1 Å². The molecule has 2 aromatic carbocycles. The molecule has 0 fully saturated rings. The molecule has 0 spiro atoms. The van der Waals surface area contributed by atoms with E-state index in [2.05, 4.69) is 10.1 Å². The third-order valence-corrected chi connectivity index (χ3v) is 3.87. The Labute approximate surface area is 155 Å². The Morgan fingerprint density at radius 2 is 1.93 bits per heavy atom. The number of carbonyl (C=O) groups excluding carboxylic acids is 1. The highest BCUT2D eigenvalue weighted by molar-refractivity contribution is 5.93. The van der Waals surface area contributed by atoms with Crippen molar-refractivity contribution in [3.05, 3.63) is 48.5 Å². The predicted molar refractivity (Wildman–Crippen MR) is 95.6 cm³/mol. The maximum absolute atomic E-state index is 12.4.